The first-order chi connectivity index (χ1) is 15.6. The maximum atomic E-state index is 13.2. The fraction of sp³-hybridized carbons (Fsp3) is 0.400. The first kappa shape index (κ1) is 24.6. The normalized spacial score (nSPS) is 23.5. The summed E-state index contributed by atoms with van der Waals surface area (Å²) in [6.45, 7) is 4.26. The van der Waals surface area contributed by atoms with Crippen molar-refractivity contribution < 1.29 is 13.2 Å². The lowest BCUT2D eigenvalue weighted by atomic mass is 9.91. The minimum atomic E-state index is -4.34. The largest absolute Gasteiger partial charge is 0.416 e. The van der Waals surface area contributed by atoms with Gasteiger partial charge in [0.15, 0.2) is 0 Å². The molecule has 0 radical (unpaired) electrons. The van der Waals surface area contributed by atoms with Crippen LogP contribution >= 0.6 is 0 Å². The van der Waals surface area contributed by atoms with Crippen molar-refractivity contribution in [2.45, 2.75) is 50.5 Å². The standard InChI is InChI=1S/C25H32F3N5/c1-17(32-23-11-7-5-9-21(23)24(29)33(2)3)31-20-14-12-19(13-15-20)30-16-18-8-4-6-10-22(18)25(26,27)28/h4-11,19-20,30-31H,1,12-16,29H2,2-3H3/b24-21+,32-23-/t19-,20+. The molecule has 0 spiro atoms. The number of rotatable bonds is 7. The highest BCUT2D eigenvalue weighted by atomic mass is 19.4. The summed E-state index contributed by atoms with van der Waals surface area (Å²) >= 11 is 0. The topological polar surface area (TPSA) is 65.7 Å². The van der Waals surface area contributed by atoms with Gasteiger partial charge in [-0.15, -0.1) is 0 Å². The summed E-state index contributed by atoms with van der Waals surface area (Å²) in [6.07, 6.45) is 6.84. The fourth-order valence-corrected chi connectivity index (χ4v) is 4.09. The van der Waals surface area contributed by atoms with Crippen LogP contribution in [0.2, 0.25) is 0 Å². The Balaban J connectivity index is 1.51. The minimum Gasteiger partial charge on any atom is -0.385 e. The molecule has 3 rings (SSSR count). The maximum Gasteiger partial charge on any atom is 0.416 e. The molecule has 2 aliphatic rings. The Morgan fingerprint density at radius 3 is 2.39 bits per heavy atom. The maximum absolute atomic E-state index is 13.2. The van der Waals surface area contributed by atoms with E-state index in [-0.39, 0.29) is 24.2 Å². The van der Waals surface area contributed by atoms with Crippen LogP contribution in [0.5, 0.6) is 0 Å². The molecule has 1 saturated carbocycles. The van der Waals surface area contributed by atoms with E-state index in [1.807, 2.05) is 43.3 Å². The van der Waals surface area contributed by atoms with E-state index in [2.05, 4.69) is 22.2 Å². The lowest BCUT2D eigenvalue weighted by Crippen LogP contribution is -2.39. The number of halogens is 3. The summed E-state index contributed by atoms with van der Waals surface area (Å²) in [4.78, 5) is 6.47. The van der Waals surface area contributed by atoms with Crippen LogP contribution in [0.1, 0.15) is 36.8 Å². The number of benzene rings is 1. The highest BCUT2D eigenvalue weighted by Crippen LogP contribution is 2.32. The molecule has 0 aliphatic heterocycles. The number of nitrogens with two attached hydrogens (primary N) is 1. The average molecular weight is 460 g/mol. The highest BCUT2D eigenvalue weighted by molar-refractivity contribution is 6.12. The van der Waals surface area contributed by atoms with Crippen molar-refractivity contribution in [2.24, 2.45) is 10.7 Å². The van der Waals surface area contributed by atoms with E-state index < -0.39 is 11.7 Å². The zero-order valence-electron chi connectivity index (χ0n) is 19.1. The Kier molecular flexibility index (Phi) is 8.02. The van der Waals surface area contributed by atoms with Gasteiger partial charge < -0.3 is 21.3 Å². The van der Waals surface area contributed by atoms with Gasteiger partial charge in [-0.05, 0) is 49.5 Å². The van der Waals surface area contributed by atoms with Gasteiger partial charge in [0, 0.05) is 38.3 Å². The van der Waals surface area contributed by atoms with Crippen molar-refractivity contribution in [2.75, 3.05) is 14.1 Å². The average Bonchev–Trinajstić information content (AvgIpc) is 2.78. The van der Waals surface area contributed by atoms with Gasteiger partial charge in [-0.1, -0.05) is 36.9 Å². The molecule has 4 N–H and O–H groups in total. The van der Waals surface area contributed by atoms with Gasteiger partial charge in [0.2, 0.25) is 0 Å². The number of nitrogens with zero attached hydrogens (tertiary/aromatic N) is 2. The smallest absolute Gasteiger partial charge is 0.385 e. The minimum absolute atomic E-state index is 0.185. The fourth-order valence-electron chi connectivity index (χ4n) is 4.09. The molecule has 2 aliphatic carbocycles. The molecule has 33 heavy (non-hydrogen) atoms. The summed E-state index contributed by atoms with van der Waals surface area (Å²) in [5.74, 6) is 1.20. The molecular weight excluding hydrogens is 427 g/mol. The molecule has 0 atom stereocenters. The van der Waals surface area contributed by atoms with Crippen LogP contribution in [-0.2, 0) is 12.7 Å². The summed E-state index contributed by atoms with van der Waals surface area (Å²) in [5, 5.41) is 6.68. The molecule has 0 heterocycles. The number of nitrogens with one attached hydrogen (secondary N) is 2. The molecule has 0 saturated heterocycles. The molecule has 178 valence electrons. The van der Waals surface area contributed by atoms with E-state index in [0.717, 1.165) is 43.0 Å². The molecule has 5 nitrogen and oxygen atoms in total. The van der Waals surface area contributed by atoms with Crippen LogP contribution in [0.4, 0.5) is 13.2 Å². The van der Waals surface area contributed by atoms with Gasteiger partial charge >= 0.3 is 6.18 Å². The van der Waals surface area contributed by atoms with E-state index in [0.29, 0.717) is 11.6 Å². The molecule has 1 aromatic rings. The van der Waals surface area contributed by atoms with Crippen LogP contribution in [0, 0.1) is 0 Å². The van der Waals surface area contributed by atoms with Crippen LogP contribution in [0.3, 0.4) is 0 Å². The lowest BCUT2D eigenvalue weighted by Gasteiger charge is -2.30. The molecule has 1 fully saturated rings. The predicted molar refractivity (Wildman–Crippen MR) is 127 cm³/mol. The predicted octanol–water partition coefficient (Wildman–Crippen LogP) is 4.47. The van der Waals surface area contributed by atoms with Crippen molar-refractivity contribution in [3.63, 3.8) is 0 Å². The summed E-state index contributed by atoms with van der Waals surface area (Å²) in [6, 6.07) is 6.15. The number of hydrogen-bond acceptors (Lipinski definition) is 5. The summed E-state index contributed by atoms with van der Waals surface area (Å²) in [5.41, 5.74) is 7.49. The summed E-state index contributed by atoms with van der Waals surface area (Å²) < 4.78 is 39.6. The van der Waals surface area contributed by atoms with Crippen molar-refractivity contribution in [1.29, 1.82) is 0 Å². The SMILES string of the molecule is C=C(/N=C1/C=CC=C/C1=C(/N)N(C)C)N[C@H]1CC[C@@H](NCc2ccccc2C(F)(F)F)CC1. The van der Waals surface area contributed by atoms with Gasteiger partial charge in [-0.3, -0.25) is 0 Å². The van der Waals surface area contributed by atoms with Crippen molar-refractivity contribution in [3.8, 4) is 0 Å². The zero-order valence-corrected chi connectivity index (χ0v) is 19.1. The Labute approximate surface area is 193 Å². The van der Waals surface area contributed by atoms with Gasteiger partial charge in [0.25, 0.3) is 0 Å². The second kappa shape index (κ2) is 10.7. The van der Waals surface area contributed by atoms with Crippen LogP contribution in [0.25, 0.3) is 0 Å². The molecule has 0 bridgehead atoms. The quantitative estimate of drug-likeness (QED) is 0.563. The van der Waals surface area contributed by atoms with Gasteiger partial charge in [-0.2, -0.15) is 13.2 Å². The monoisotopic (exact) mass is 459 g/mol. The highest BCUT2D eigenvalue weighted by Gasteiger charge is 2.33. The number of hydrogen-bond donors (Lipinski definition) is 3. The van der Waals surface area contributed by atoms with Crippen LogP contribution in [0.15, 0.2) is 77.4 Å². The van der Waals surface area contributed by atoms with Gasteiger partial charge in [0.05, 0.1) is 11.3 Å². The third-order valence-electron chi connectivity index (χ3n) is 5.92. The molecule has 8 heteroatoms. The number of aliphatic imine (C=N–C) groups is 1. The van der Waals surface area contributed by atoms with E-state index >= 15 is 0 Å². The molecule has 0 amide bonds. The van der Waals surface area contributed by atoms with Crippen molar-refractivity contribution in [3.05, 3.63) is 83.5 Å². The molecular formula is C25H32F3N5. The first-order valence-electron chi connectivity index (χ1n) is 11.1. The van der Waals surface area contributed by atoms with Gasteiger partial charge in [-0.25, -0.2) is 4.99 Å². The third-order valence-corrected chi connectivity index (χ3v) is 5.92. The third kappa shape index (κ3) is 6.74. The Morgan fingerprint density at radius 2 is 1.73 bits per heavy atom. The molecule has 0 aromatic heterocycles. The zero-order chi connectivity index (χ0) is 24.0. The van der Waals surface area contributed by atoms with Gasteiger partial charge in [0.1, 0.15) is 11.6 Å². The molecule has 0 unspecified atom stereocenters. The van der Waals surface area contributed by atoms with E-state index in [1.54, 1.807) is 6.07 Å². The van der Waals surface area contributed by atoms with Crippen molar-refractivity contribution >= 4 is 5.71 Å². The van der Waals surface area contributed by atoms with E-state index in [4.69, 9.17) is 5.73 Å². The Hall–Kier alpha value is -3.00. The summed E-state index contributed by atoms with van der Waals surface area (Å²) in [7, 11) is 3.76. The second-order valence-corrected chi connectivity index (χ2v) is 8.58. The van der Waals surface area contributed by atoms with Crippen LogP contribution < -0.4 is 16.4 Å². The molecule has 1 aromatic carbocycles. The Bertz CT molecular complexity index is 964. The number of alkyl halides is 3. The van der Waals surface area contributed by atoms with E-state index in [9.17, 15) is 13.2 Å². The lowest BCUT2D eigenvalue weighted by molar-refractivity contribution is -0.138. The van der Waals surface area contributed by atoms with Crippen LogP contribution in [-0.4, -0.2) is 36.8 Å². The van der Waals surface area contributed by atoms with Crippen molar-refractivity contribution in [1.82, 2.24) is 15.5 Å². The number of allylic oxidation sites excluding steroid dienone is 5. The van der Waals surface area contributed by atoms with E-state index in [1.165, 1.54) is 12.1 Å². The first-order valence-corrected chi connectivity index (χ1v) is 11.1. The second-order valence-electron chi connectivity index (χ2n) is 8.58. The Morgan fingerprint density at radius 1 is 1.09 bits per heavy atom.